The van der Waals surface area contributed by atoms with Gasteiger partial charge in [-0.05, 0) is 64.7 Å². The van der Waals surface area contributed by atoms with Crippen molar-refractivity contribution in [2.75, 3.05) is 52.1 Å². The van der Waals surface area contributed by atoms with E-state index in [0.717, 1.165) is 19.4 Å². The van der Waals surface area contributed by atoms with E-state index < -0.39 is 17.5 Å². The summed E-state index contributed by atoms with van der Waals surface area (Å²) in [4.78, 5) is 49.3. The van der Waals surface area contributed by atoms with E-state index in [1.165, 1.54) is 48.3 Å². The van der Waals surface area contributed by atoms with Crippen molar-refractivity contribution in [2.24, 2.45) is 13.0 Å². The second-order valence-corrected chi connectivity index (χ2v) is 12.6. The fraction of sp³-hybridized carbons (Fsp3) is 0.382. The number of rotatable bonds is 10. The molecule has 254 valence electrons. The maximum absolute atomic E-state index is 15.2. The number of halogens is 3. The summed E-state index contributed by atoms with van der Waals surface area (Å²) in [6.45, 7) is 6.25. The summed E-state index contributed by atoms with van der Waals surface area (Å²) in [5.41, 5.74) is 1.85. The number of aromatic nitrogens is 4. The molecule has 14 heteroatoms. The van der Waals surface area contributed by atoms with E-state index in [-0.39, 0.29) is 51.0 Å². The zero-order valence-electron chi connectivity index (χ0n) is 27.6. The van der Waals surface area contributed by atoms with Crippen LogP contribution in [0.3, 0.4) is 0 Å². The minimum atomic E-state index is -1.08. The SMILES string of the molecule is CCC(CCN(C)C)C(=O)N1CCN(C(=O)c2ccc(NC(=O)c3ncc(-c4ccc(-c5cn[nH]c5C)c(F)c4F)n3C)cc2Cl)CC1. The molecule has 1 saturated heterocycles. The van der Waals surface area contributed by atoms with Gasteiger partial charge in [0, 0.05) is 67.2 Å². The first kappa shape index (κ1) is 34.7. The van der Waals surface area contributed by atoms with E-state index in [1.54, 1.807) is 17.9 Å². The largest absolute Gasteiger partial charge is 0.339 e. The number of aromatic amines is 1. The van der Waals surface area contributed by atoms with Crippen LogP contribution in [0.1, 0.15) is 46.4 Å². The summed E-state index contributed by atoms with van der Waals surface area (Å²) in [6.07, 6.45) is 4.28. The second-order valence-electron chi connectivity index (χ2n) is 12.2. The van der Waals surface area contributed by atoms with Gasteiger partial charge in [0.1, 0.15) is 0 Å². The Morgan fingerprint density at radius 1 is 1.00 bits per heavy atom. The van der Waals surface area contributed by atoms with Crippen LogP contribution in [-0.4, -0.2) is 99.0 Å². The summed E-state index contributed by atoms with van der Waals surface area (Å²) < 4.78 is 31.7. The quantitative estimate of drug-likeness (QED) is 0.237. The van der Waals surface area contributed by atoms with Gasteiger partial charge in [0.05, 0.1) is 28.7 Å². The van der Waals surface area contributed by atoms with Crippen LogP contribution in [0.15, 0.2) is 42.7 Å². The third-order valence-corrected chi connectivity index (χ3v) is 9.09. The molecule has 0 aliphatic carbocycles. The van der Waals surface area contributed by atoms with Gasteiger partial charge in [0.25, 0.3) is 11.8 Å². The molecule has 2 aromatic carbocycles. The first-order valence-corrected chi connectivity index (χ1v) is 16.1. The van der Waals surface area contributed by atoms with E-state index >= 15 is 8.78 Å². The molecule has 2 N–H and O–H groups in total. The molecular formula is C34H39ClF2N8O3. The molecule has 0 saturated carbocycles. The van der Waals surface area contributed by atoms with Crippen LogP contribution in [0.5, 0.6) is 0 Å². The first-order chi connectivity index (χ1) is 22.9. The van der Waals surface area contributed by atoms with E-state index in [4.69, 9.17) is 11.6 Å². The van der Waals surface area contributed by atoms with Crippen molar-refractivity contribution in [1.82, 2.24) is 34.4 Å². The lowest BCUT2D eigenvalue weighted by atomic mass is 10.00. The molecule has 1 unspecified atom stereocenters. The van der Waals surface area contributed by atoms with Crippen LogP contribution < -0.4 is 5.32 Å². The van der Waals surface area contributed by atoms with Crippen molar-refractivity contribution in [3.05, 3.63) is 76.5 Å². The van der Waals surface area contributed by atoms with Gasteiger partial charge in [-0.2, -0.15) is 5.10 Å². The number of carbonyl (C=O) groups is 3. The number of hydrogen-bond donors (Lipinski definition) is 2. The highest BCUT2D eigenvalue weighted by atomic mass is 35.5. The van der Waals surface area contributed by atoms with Gasteiger partial charge in [-0.15, -0.1) is 0 Å². The molecule has 3 amide bonds. The standard InChI is InChI=1S/C34H39ClF2N8O3/c1-6-21(11-12-42(3)4)33(47)44-13-15-45(16-14-44)34(48)24-8-7-22(17-27(24)35)40-32(46)31-38-19-28(43(31)5)25-10-9-23(29(36)30(25)37)26-18-39-41-20(26)2/h7-10,17-19,21H,6,11-16H2,1-5H3,(H,39,41)(H,40,46). The van der Waals surface area contributed by atoms with Crippen molar-refractivity contribution in [2.45, 2.75) is 26.7 Å². The Bertz CT molecular complexity index is 1830. The van der Waals surface area contributed by atoms with Crippen LogP contribution in [-0.2, 0) is 11.8 Å². The fourth-order valence-electron chi connectivity index (χ4n) is 5.88. The van der Waals surface area contributed by atoms with Crippen LogP contribution in [0.25, 0.3) is 22.4 Å². The zero-order valence-corrected chi connectivity index (χ0v) is 28.4. The molecule has 0 bridgehead atoms. The van der Waals surface area contributed by atoms with E-state index in [2.05, 4.69) is 25.4 Å². The Kier molecular flexibility index (Phi) is 10.6. The molecule has 3 heterocycles. The van der Waals surface area contributed by atoms with Crippen LogP contribution >= 0.6 is 11.6 Å². The van der Waals surface area contributed by atoms with E-state index in [0.29, 0.717) is 43.1 Å². The van der Waals surface area contributed by atoms with Gasteiger partial charge in [-0.1, -0.05) is 24.6 Å². The number of imidazole rings is 1. The fourth-order valence-corrected chi connectivity index (χ4v) is 6.14. The van der Waals surface area contributed by atoms with E-state index in [9.17, 15) is 14.4 Å². The maximum atomic E-state index is 15.2. The van der Waals surface area contributed by atoms with Crippen molar-refractivity contribution < 1.29 is 23.2 Å². The number of anilines is 1. The van der Waals surface area contributed by atoms with Gasteiger partial charge in [-0.3, -0.25) is 19.5 Å². The number of nitrogens with zero attached hydrogens (tertiary/aromatic N) is 6. The van der Waals surface area contributed by atoms with Crippen molar-refractivity contribution in [3.8, 4) is 22.4 Å². The summed E-state index contributed by atoms with van der Waals surface area (Å²) in [5.74, 6) is -2.95. The van der Waals surface area contributed by atoms with Crippen molar-refractivity contribution in [1.29, 1.82) is 0 Å². The second kappa shape index (κ2) is 14.7. The number of amides is 3. The molecule has 5 rings (SSSR count). The average Bonchev–Trinajstić information content (AvgIpc) is 3.67. The van der Waals surface area contributed by atoms with Crippen molar-refractivity contribution in [3.63, 3.8) is 0 Å². The Morgan fingerprint density at radius 3 is 2.29 bits per heavy atom. The first-order valence-electron chi connectivity index (χ1n) is 15.7. The minimum Gasteiger partial charge on any atom is -0.339 e. The van der Waals surface area contributed by atoms with Gasteiger partial charge >= 0.3 is 0 Å². The molecule has 1 fully saturated rings. The molecule has 0 spiro atoms. The zero-order chi connectivity index (χ0) is 34.7. The lowest BCUT2D eigenvalue weighted by Crippen LogP contribution is -2.52. The molecule has 4 aromatic rings. The number of benzene rings is 2. The van der Waals surface area contributed by atoms with Crippen molar-refractivity contribution >= 4 is 35.0 Å². The van der Waals surface area contributed by atoms with Crippen LogP contribution in [0.4, 0.5) is 14.5 Å². The Balaban J connectivity index is 1.22. The smallest absolute Gasteiger partial charge is 0.291 e. The Labute approximate surface area is 282 Å². The number of carbonyl (C=O) groups excluding carboxylic acids is 3. The molecule has 1 aliphatic heterocycles. The van der Waals surface area contributed by atoms with Crippen LogP contribution in [0, 0.1) is 24.5 Å². The third-order valence-electron chi connectivity index (χ3n) is 8.77. The lowest BCUT2D eigenvalue weighted by molar-refractivity contribution is -0.137. The normalized spacial score (nSPS) is 14.0. The molecule has 1 aliphatic rings. The Hall–Kier alpha value is -4.62. The predicted molar refractivity (Wildman–Crippen MR) is 180 cm³/mol. The Morgan fingerprint density at radius 2 is 1.67 bits per heavy atom. The number of piperazine rings is 1. The molecule has 11 nitrogen and oxygen atoms in total. The summed E-state index contributed by atoms with van der Waals surface area (Å²) in [7, 11) is 5.50. The number of hydrogen-bond acceptors (Lipinski definition) is 6. The van der Waals surface area contributed by atoms with Gasteiger partial charge in [0.2, 0.25) is 5.91 Å². The topological polar surface area (TPSA) is 119 Å². The predicted octanol–water partition coefficient (Wildman–Crippen LogP) is 5.23. The highest BCUT2D eigenvalue weighted by molar-refractivity contribution is 6.34. The number of H-pyrrole nitrogens is 1. The third kappa shape index (κ3) is 7.12. The van der Waals surface area contributed by atoms with Gasteiger partial charge in [-0.25, -0.2) is 13.8 Å². The maximum Gasteiger partial charge on any atom is 0.291 e. The molecule has 0 radical (unpaired) electrons. The number of aryl methyl sites for hydroxylation is 1. The highest BCUT2D eigenvalue weighted by Crippen LogP contribution is 2.33. The van der Waals surface area contributed by atoms with Gasteiger partial charge in [0.15, 0.2) is 17.5 Å². The van der Waals surface area contributed by atoms with Gasteiger partial charge < -0.3 is 24.6 Å². The minimum absolute atomic E-state index is 0.0441. The molecular weight excluding hydrogens is 642 g/mol. The molecule has 1 atom stereocenters. The molecule has 48 heavy (non-hydrogen) atoms. The summed E-state index contributed by atoms with van der Waals surface area (Å²) in [5, 5.41) is 9.44. The van der Waals surface area contributed by atoms with E-state index in [1.807, 2.05) is 25.9 Å². The summed E-state index contributed by atoms with van der Waals surface area (Å²) >= 11 is 6.51. The molecule has 2 aromatic heterocycles. The number of nitrogens with one attached hydrogen (secondary N) is 2. The highest BCUT2D eigenvalue weighted by Gasteiger charge is 2.29. The lowest BCUT2D eigenvalue weighted by Gasteiger charge is -2.36. The average molecular weight is 681 g/mol. The van der Waals surface area contributed by atoms with Crippen LogP contribution in [0.2, 0.25) is 5.02 Å². The summed E-state index contributed by atoms with van der Waals surface area (Å²) in [6, 6.07) is 7.46. The monoisotopic (exact) mass is 680 g/mol.